The first-order chi connectivity index (χ1) is 43.2. The van der Waals surface area contributed by atoms with Crippen molar-refractivity contribution in [3.05, 3.63) is 65.9 Å². The van der Waals surface area contributed by atoms with Gasteiger partial charge in [0.15, 0.2) is 0 Å². The maximum absolute atomic E-state index is 14.6. The van der Waals surface area contributed by atoms with Gasteiger partial charge in [-0.1, -0.05) is 128 Å². The van der Waals surface area contributed by atoms with Crippen molar-refractivity contribution in [2.45, 2.75) is 224 Å². The first-order valence-corrected chi connectivity index (χ1v) is 32.4. The normalized spacial score (nSPS) is 13.6. The number of phenols is 1. The largest absolute Gasteiger partial charge is 0.508 e. The van der Waals surface area contributed by atoms with Crippen molar-refractivity contribution in [1.82, 2.24) is 52.8 Å². The van der Waals surface area contributed by atoms with Crippen LogP contribution in [-0.2, 0) is 60.8 Å². The minimum absolute atomic E-state index is 0.00377. The Kier molecular flexibility index (Phi) is 37.4. The van der Waals surface area contributed by atoms with Crippen LogP contribution in [0.15, 0.2) is 54.7 Å². The van der Waals surface area contributed by atoms with E-state index in [9.17, 15) is 63.3 Å². The Labute approximate surface area is 530 Å². The van der Waals surface area contributed by atoms with Gasteiger partial charge in [-0.2, -0.15) is 0 Å². The molecule has 1 heterocycles. The van der Waals surface area contributed by atoms with E-state index in [4.69, 9.17) is 11.5 Å². The summed E-state index contributed by atoms with van der Waals surface area (Å²) in [5, 5.41) is 54.2. The summed E-state index contributed by atoms with van der Waals surface area (Å²) in [4.78, 5) is 139. The van der Waals surface area contributed by atoms with Gasteiger partial charge < -0.3 is 79.6 Å². The highest BCUT2D eigenvalue weighted by molar-refractivity contribution is 5.98. The molecular weight excluding hydrogens is 1160 g/mol. The number of aliphatic carboxylic acids is 1. The van der Waals surface area contributed by atoms with E-state index in [-0.39, 0.29) is 75.6 Å². The lowest BCUT2D eigenvalue weighted by Crippen LogP contribution is -2.60. The Morgan fingerprint density at radius 1 is 0.500 bits per heavy atom. The van der Waals surface area contributed by atoms with Crippen molar-refractivity contribution in [2.75, 3.05) is 33.3 Å². The van der Waals surface area contributed by atoms with Crippen LogP contribution in [0, 0.1) is 5.92 Å². The molecule has 17 N–H and O–H groups in total. The van der Waals surface area contributed by atoms with E-state index in [0.29, 0.717) is 31.2 Å². The van der Waals surface area contributed by atoms with Gasteiger partial charge in [-0.25, -0.2) is 0 Å². The van der Waals surface area contributed by atoms with Crippen molar-refractivity contribution < 1.29 is 63.3 Å². The first-order valence-electron chi connectivity index (χ1n) is 32.4. The number of aromatic hydroxyl groups is 1. The van der Waals surface area contributed by atoms with Gasteiger partial charge in [0.25, 0.3) is 0 Å². The molecule has 0 saturated carbocycles. The molecule has 0 radical (unpaired) electrons. The quantitative estimate of drug-likeness (QED) is 0.0360. The van der Waals surface area contributed by atoms with E-state index in [1.54, 1.807) is 18.3 Å². The van der Waals surface area contributed by atoms with Crippen LogP contribution in [0.25, 0.3) is 10.9 Å². The average Bonchev–Trinajstić information content (AvgIpc) is 4.02. The van der Waals surface area contributed by atoms with Gasteiger partial charge in [-0.05, 0) is 106 Å². The molecule has 0 spiro atoms. The van der Waals surface area contributed by atoms with Crippen molar-refractivity contribution in [2.24, 2.45) is 17.4 Å². The third-order valence-corrected chi connectivity index (χ3v) is 15.6. The van der Waals surface area contributed by atoms with Crippen LogP contribution in [0.5, 0.6) is 5.75 Å². The fourth-order valence-electron chi connectivity index (χ4n) is 10.4. The second kappa shape index (κ2) is 43.9. The minimum Gasteiger partial charge on any atom is -0.508 e. The molecule has 502 valence electrons. The van der Waals surface area contributed by atoms with E-state index in [0.717, 1.165) is 42.1 Å². The number of H-pyrrole nitrogens is 1. The highest BCUT2D eigenvalue weighted by atomic mass is 16.4. The maximum Gasteiger partial charge on any atom is 0.303 e. The van der Waals surface area contributed by atoms with Crippen LogP contribution in [0.2, 0.25) is 0 Å². The number of hydrogen-bond acceptors (Lipinski definition) is 14. The Balaban J connectivity index is 1.76. The number of carbonyl (C=O) groups excluding carboxylic acids is 9. The highest BCUT2D eigenvalue weighted by Gasteiger charge is 2.35. The van der Waals surface area contributed by atoms with Crippen LogP contribution in [-0.4, -0.2) is 155 Å². The SMILES string of the molecule is CCCCCCCCCCCCCCCC(=O)NCC(=O)N[C@@H](CO)C(=O)N[C@@H](CCC(=O)O)C(=O)N[C@@H](CCCCN)C(=O)N[C@@H](CCCCN)C(=O)N[C@@H](Cc1ccc(O)cc1)C(=O)N[C@@H](CC(C)C)C(=O)N[C@@H](Cc1c[nH]c2ccccc12)C(=O)NC. The van der Waals surface area contributed by atoms with Crippen molar-refractivity contribution >= 4 is 70.0 Å². The monoisotopic (exact) mass is 1260 g/mol. The third kappa shape index (κ3) is 30.2. The number of para-hydroxylation sites is 1. The molecule has 0 unspecified atom stereocenters. The smallest absolute Gasteiger partial charge is 0.303 e. The van der Waals surface area contributed by atoms with E-state index < -0.39 is 122 Å². The number of rotatable bonds is 48. The van der Waals surface area contributed by atoms with Crippen LogP contribution in [0.1, 0.15) is 180 Å². The molecule has 0 aliphatic heterocycles. The molecule has 0 fully saturated rings. The molecule has 2 aromatic carbocycles. The standard InChI is InChI=1S/C65H104N12O13/c1-5-6-7-8-9-10-11-12-13-14-15-16-17-28-56(80)70-41-57(81)71-55(42-78)65(90)74-51(33-34-58(82)83)62(87)73-49(26-20-22-35-66)60(85)72-50(27-21-23-36-67)61(86)76-53(38-44-29-31-46(79)32-30-44)64(89)75-52(37-43(2)3)63(88)77-54(59(84)68-4)39-45-40-69-48-25-19-18-24-47(45)48/h18-19,24-25,29-32,40,43,49-55,69,78-79H,5-17,20-23,26-28,33-39,41-42,66-67H2,1-4H3,(H,68,84)(H,70,80)(H,71,81)(H,72,85)(H,73,87)(H,74,90)(H,75,89)(H,76,86)(H,77,88)(H,82,83)/t49-,50-,51-,52-,53-,54-,55-/m0/s1. The van der Waals surface area contributed by atoms with Crippen LogP contribution in [0.3, 0.4) is 0 Å². The Morgan fingerprint density at radius 3 is 1.48 bits per heavy atom. The Bertz CT molecular complexity index is 2690. The molecular formula is C65H104N12O13. The number of nitrogens with one attached hydrogen (secondary N) is 10. The number of carbonyl (C=O) groups is 10. The molecule has 9 amide bonds. The number of aliphatic hydroxyl groups is 1. The lowest BCUT2D eigenvalue weighted by atomic mass is 9.99. The van der Waals surface area contributed by atoms with Crippen molar-refractivity contribution in [1.29, 1.82) is 0 Å². The fourth-order valence-corrected chi connectivity index (χ4v) is 10.4. The van der Waals surface area contributed by atoms with Crippen LogP contribution < -0.4 is 59.3 Å². The number of aromatic amines is 1. The second-order valence-corrected chi connectivity index (χ2v) is 23.6. The second-order valence-electron chi connectivity index (χ2n) is 23.6. The zero-order chi connectivity index (χ0) is 66.2. The maximum atomic E-state index is 14.6. The number of phenolic OH excluding ortho intramolecular Hbond substituents is 1. The molecule has 1 aromatic heterocycles. The minimum atomic E-state index is -1.63. The van der Waals surface area contributed by atoms with Crippen LogP contribution in [0.4, 0.5) is 0 Å². The number of fused-ring (bicyclic) bond motifs is 1. The van der Waals surface area contributed by atoms with E-state index >= 15 is 0 Å². The number of aromatic nitrogens is 1. The Morgan fingerprint density at radius 2 is 0.967 bits per heavy atom. The number of nitrogens with two attached hydrogens (primary N) is 2. The molecule has 90 heavy (non-hydrogen) atoms. The van der Waals surface area contributed by atoms with E-state index in [1.807, 2.05) is 38.1 Å². The first kappa shape index (κ1) is 76.6. The number of carboxylic acids is 1. The number of amides is 9. The highest BCUT2D eigenvalue weighted by Crippen LogP contribution is 2.21. The molecule has 0 aliphatic carbocycles. The van der Waals surface area contributed by atoms with Gasteiger partial charge in [0.2, 0.25) is 53.2 Å². The van der Waals surface area contributed by atoms with E-state index in [2.05, 4.69) is 59.8 Å². The average molecular weight is 1260 g/mol. The number of benzene rings is 2. The van der Waals surface area contributed by atoms with Crippen LogP contribution >= 0.6 is 0 Å². The summed E-state index contributed by atoms with van der Waals surface area (Å²) in [5.41, 5.74) is 13.7. The zero-order valence-electron chi connectivity index (χ0n) is 53.4. The molecule has 25 heteroatoms. The summed E-state index contributed by atoms with van der Waals surface area (Å²) in [6.45, 7) is 4.90. The summed E-state index contributed by atoms with van der Waals surface area (Å²) in [5.74, 6) is -8.39. The number of aliphatic hydroxyl groups excluding tert-OH is 1. The van der Waals surface area contributed by atoms with Gasteiger partial charge in [0.05, 0.1) is 13.2 Å². The number of carboxylic acid groups (broad SMARTS) is 1. The Hall–Kier alpha value is -7.64. The number of hydrogen-bond donors (Lipinski definition) is 15. The third-order valence-electron chi connectivity index (χ3n) is 15.6. The molecule has 0 saturated heterocycles. The molecule has 0 bridgehead atoms. The van der Waals surface area contributed by atoms with Gasteiger partial charge >= 0.3 is 5.97 Å². The molecule has 0 aliphatic rings. The zero-order valence-corrected chi connectivity index (χ0v) is 53.4. The molecule has 25 nitrogen and oxygen atoms in total. The van der Waals surface area contributed by atoms with Gasteiger partial charge in [-0.3, -0.25) is 47.9 Å². The molecule has 7 atom stereocenters. The molecule has 3 rings (SSSR count). The molecule has 3 aromatic rings. The van der Waals surface area contributed by atoms with Gasteiger partial charge in [-0.15, -0.1) is 0 Å². The lowest BCUT2D eigenvalue weighted by molar-refractivity contribution is -0.139. The summed E-state index contributed by atoms with van der Waals surface area (Å²) < 4.78 is 0. The predicted molar refractivity (Wildman–Crippen MR) is 344 cm³/mol. The summed E-state index contributed by atoms with van der Waals surface area (Å²) >= 11 is 0. The number of unbranched alkanes of at least 4 members (excludes halogenated alkanes) is 14. The fraction of sp³-hybridized carbons (Fsp3) is 0.631. The van der Waals surface area contributed by atoms with Crippen molar-refractivity contribution in [3.63, 3.8) is 0 Å². The van der Waals surface area contributed by atoms with Crippen molar-refractivity contribution in [3.8, 4) is 5.75 Å². The topological polar surface area (TPSA) is 407 Å². The number of likely N-dealkylation sites (N-methyl/N-ethyl adjacent to an activating group) is 1. The van der Waals surface area contributed by atoms with E-state index in [1.165, 1.54) is 70.5 Å². The summed E-state index contributed by atoms with van der Waals surface area (Å²) in [6, 6.07) is 3.71. The predicted octanol–water partition coefficient (Wildman–Crippen LogP) is 3.56. The van der Waals surface area contributed by atoms with Gasteiger partial charge in [0, 0.05) is 49.8 Å². The van der Waals surface area contributed by atoms with Gasteiger partial charge in [0.1, 0.15) is 48.0 Å². The summed E-state index contributed by atoms with van der Waals surface area (Å²) in [7, 11) is 1.44. The lowest BCUT2D eigenvalue weighted by Gasteiger charge is -2.28. The summed E-state index contributed by atoms with van der Waals surface area (Å²) in [6.07, 6.45) is 17.2.